The molecule has 0 spiro atoms. The van der Waals surface area contributed by atoms with E-state index in [0.717, 1.165) is 21.9 Å². The fourth-order valence-corrected chi connectivity index (χ4v) is 8.31. The summed E-state index contributed by atoms with van der Waals surface area (Å²) < 4.78 is 1.58. The number of fused-ring (bicyclic) bond motifs is 8. The van der Waals surface area contributed by atoms with Crippen LogP contribution in [0.2, 0.25) is 0 Å². The number of anilines is 2. The van der Waals surface area contributed by atoms with E-state index < -0.39 is 0 Å². The van der Waals surface area contributed by atoms with Crippen LogP contribution < -0.4 is 10.6 Å². The van der Waals surface area contributed by atoms with Crippen LogP contribution in [0.1, 0.15) is 15.9 Å². The van der Waals surface area contributed by atoms with Crippen LogP contribution in [0.15, 0.2) is 171 Å². The topological polar surface area (TPSA) is 154 Å². The fourth-order valence-electron chi connectivity index (χ4n) is 8.31. The Labute approximate surface area is 339 Å². The first-order valence-corrected chi connectivity index (χ1v) is 19.0. The molecule has 60 heavy (non-hydrogen) atoms. The van der Waals surface area contributed by atoms with Gasteiger partial charge in [-0.25, -0.2) is 10.0 Å². The maximum Gasteiger partial charge on any atom is 0.264 e. The van der Waals surface area contributed by atoms with Crippen molar-refractivity contribution in [3.8, 4) is 22.6 Å². The van der Waals surface area contributed by atoms with E-state index in [-0.39, 0.29) is 34.2 Å². The van der Waals surface area contributed by atoms with Crippen LogP contribution in [0.5, 0.6) is 11.5 Å². The van der Waals surface area contributed by atoms with Crippen molar-refractivity contribution in [3.05, 3.63) is 167 Å². The summed E-state index contributed by atoms with van der Waals surface area (Å²) in [5, 5.41) is 46.1. The fraction of sp³-hybridized carbons (Fsp3) is 0.0208. The molecule has 0 unspecified atom stereocenters. The molecule has 0 aliphatic heterocycles. The van der Waals surface area contributed by atoms with Crippen molar-refractivity contribution in [2.75, 3.05) is 12.2 Å². The van der Waals surface area contributed by atoms with Gasteiger partial charge in [0, 0.05) is 32.7 Å². The van der Waals surface area contributed by atoms with Crippen LogP contribution in [0.4, 0.5) is 34.1 Å². The summed E-state index contributed by atoms with van der Waals surface area (Å²) in [6.45, 7) is 0. The molecule has 0 radical (unpaired) electrons. The molecule has 2 N–H and O–H groups in total. The smallest absolute Gasteiger partial charge is 0.264 e. The Morgan fingerprint density at radius 2 is 1.25 bits per heavy atom. The molecule has 2 heterocycles. The Hall–Kier alpha value is -8.35. The number of phenols is 2. The highest BCUT2D eigenvalue weighted by Gasteiger charge is 2.28. The Bertz CT molecular complexity index is 3570. The summed E-state index contributed by atoms with van der Waals surface area (Å²) in [5.74, 6) is -0.537. The molecule has 0 fully saturated rings. The van der Waals surface area contributed by atoms with Gasteiger partial charge in [0.05, 0.1) is 40.6 Å². The van der Waals surface area contributed by atoms with Gasteiger partial charge in [-0.2, -0.15) is 10.2 Å². The molecule has 1 aliphatic rings. The van der Waals surface area contributed by atoms with Crippen LogP contribution >= 0.6 is 0 Å². The third-order valence-corrected chi connectivity index (χ3v) is 11.0. The van der Waals surface area contributed by atoms with Crippen molar-refractivity contribution >= 4 is 88.9 Å². The third kappa shape index (κ3) is 5.25. The number of azo groups is 2. The van der Waals surface area contributed by atoms with Crippen LogP contribution in [-0.4, -0.2) is 32.5 Å². The van der Waals surface area contributed by atoms with Gasteiger partial charge in [0.15, 0.2) is 11.5 Å². The first-order chi connectivity index (χ1) is 29.4. The second-order valence-corrected chi connectivity index (χ2v) is 14.4. The zero-order chi connectivity index (χ0) is 40.6. The number of carbonyl (C=O) groups is 1. The molecule has 12 nitrogen and oxygen atoms in total. The standard InChI is InChI=1S/C48H29N7O5/c1-60-55(29-11-3-2-4-12-29)40-22-26-10-5-6-13-30(26)44(46(40)58)53-51-28-19-21-32-31-20-18-27(23-35(31)45(57)36(32)24-28)50-52-43-33-14-9-15-34-42(33)37(25-41(43)56)48(59)54-39-17-8-7-16-38(39)49-47(34)54/h2-25,56,58H,1H3. The molecule has 286 valence electrons. The number of rotatable bonds is 7. The van der Waals surface area contributed by atoms with Gasteiger partial charge in [0.1, 0.15) is 28.5 Å². The molecule has 10 aromatic rings. The maximum atomic E-state index is 13.9. The van der Waals surface area contributed by atoms with Crippen molar-refractivity contribution in [3.63, 3.8) is 0 Å². The zero-order valence-electron chi connectivity index (χ0n) is 31.6. The van der Waals surface area contributed by atoms with E-state index in [2.05, 4.69) is 20.5 Å². The summed E-state index contributed by atoms with van der Waals surface area (Å²) >= 11 is 0. The molecule has 0 amide bonds. The number of pyridine rings is 1. The number of aromatic nitrogens is 2. The number of ketones is 1. The highest BCUT2D eigenvalue weighted by Crippen LogP contribution is 2.47. The number of phenolic OH excluding ortho intramolecular Hbond substituents is 2. The van der Waals surface area contributed by atoms with Crippen molar-refractivity contribution in [1.29, 1.82) is 0 Å². The van der Waals surface area contributed by atoms with Crippen LogP contribution in [-0.2, 0) is 4.84 Å². The molecule has 2 aromatic heterocycles. The number of hydrogen-bond donors (Lipinski definition) is 2. The van der Waals surface area contributed by atoms with Crippen molar-refractivity contribution in [2.24, 2.45) is 20.5 Å². The monoisotopic (exact) mass is 783 g/mol. The van der Waals surface area contributed by atoms with E-state index >= 15 is 0 Å². The van der Waals surface area contributed by atoms with Gasteiger partial charge in [-0.1, -0.05) is 84.9 Å². The Morgan fingerprint density at radius 1 is 0.600 bits per heavy atom. The number of carbonyl (C=O) groups excluding carboxylic acids is 1. The van der Waals surface area contributed by atoms with Gasteiger partial charge in [0.25, 0.3) is 5.56 Å². The lowest BCUT2D eigenvalue weighted by Crippen LogP contribution is -2.15. The average molecular weight is 784 g/mol. The van der Waals surface area contributed by atoms with Gasteiger partial charge in [0.2, 0.25) is 0 Å². The van der Waals surface area contributed by atoms with Crippen molar-refractivity contribution in [1.82, 2.24) is 9.38 Å². The van der Waals surface area contributed by atoms with Gasteiger partial charge in [-0.15, -0.1) is 10.2 Å². The Balaban J connectivity index is 0.922. The largest absolute Gasteiger partial charge is 0.506 e. The number of nitrogens with zero attached hydrogens (tertiary/aromatic N) is 7. The molecule has 11 rings (SSSR count). The summed E-state index contributed by atoms with van der Waals surface area (Å²) in [7, 11) is 1.52. The summed E-state index contributed by atoms with van der Waals surface area (Å²) in [5.41, 5.74) is 6.34. The zero-order valence-corrected chi connectivity index (χ0v) is 31.6. The van der Waals surface area contributed by atoms with Gasteiger partial charge in [-0.05, 0) is 77.2 Å². The average Bonchev–Trinajstić information content (AvgIpc) is 3.80. The predicted octanol–water partition coefficient (Wildman–Crippen LogP) is 11.9. The first kappa shape index (κ1) is 34.9. The van der Waals surface area contributed by atoms with Crippen LogP contribution in [0.3, 0.4) is 0 Å². The Morgan fingerprint density at radius 3 is 2.00 bits per heavy atom. The van der Waals surface area contributed by atoms with E-state index in [1.807, 2.05) is 109 Å². The number of imidazole rings is 1. The van der Waals surface area contributed by atoms with E-state index in [4.69, 9.17) is 9.82 Å². The molecule has 8 aromatic carbocycles. The first-order valence-electron chi connectivity index (χ1n) is 19.0. The van der Waals surface area contributed by atoms with Crippen LogP contribution in [0, 0.1) is 0 Å². The minimum Gasteiger partial charge on any atom is -0.506 e. The molecule has 1 aliphatic carbocycles. The van der Waals surface area contributed by atoms with E-state index in [1.165, 1.54) is 18.2 Å². The molecule has 0 bridgehead atoms. The second-order valence-electron chi connectivity index (χ2n) is 14.4. The lowest BCUT2D eigenvalue weighted by molar-refractivity contribution is 0.104. The molecule has 0 saturated carbocycles. The molecular weight excluding hydrogens is 755 g/mol. The summed E-state index contributed by atoms with van der Waals surface area (Å²) in [4.78, 5) is 38.2. The minimum atomic E-state index is -0.291. The number of hydrogen-bond acceptors (Lipinski definition) is 11. The van der Waals surface area contributed by atoms with Gasteiger partial charge >= 0.3 is 0 Å². The number of benzene rings is 8. The highest BCUT2D eigenvalue weighted by atomic mass is 16.7. The molecule has 0 saturated heterocycles. The second kappa shape index (κ2) is 13.4. The lowest BCUT2D eigenvalue weighted by atomic mass is 10.0. The molecule has 12 heteroatoms. The lowest BCUT2D eigenvalue weighted by Gasteiger charge is -2.23. The third-order valence-electron chi connectivity index (χ3n) is 11.0. The quantitative estimate of drug-likeness (QED) is 0.120. The van der Waals surface area contributed by atoms with E-state index in [0.29, 0.717) is 72.1 Å². The number of aromatic hydroxyl groups is 2. The van der Waals surface area contributed by atoms with Crippen molar-refractivity contribution < 1.29 is 19.8 Å². The van der Waals surface area contributed by atoms with Gasteiger partial charge in [-0.3, -0.25) is 18.8 Å². The summed E-state index contributed by atoms with van der Waals surface area (Å²) in [6, 6.07) is 43.7. The normalized spacial score (nSPS) is 12.6. The molecular formula is C48H29N7O5. The minimum absolute atomic E-state index is 0.121. The molecule has 0 atom stereocenters. The van der Waals surface area contributed by atoms with E-state index in [1.54, 1.807) is 34.7 Å². The van der Waals surface area contributed by atoms with Crippen LogP contribution in [0.25, 0.3) is 60.1 Å². The highest BCUT2D eigenvalue weighted by molar-refractivity contribution is 6.22. The maximum absolute atomic E-state index is 13.9. The summed E-state index contributed by atoms with van der Waals surface area (Å²) in [6.07, 6.45) is 0. The van der Waals surface area contributed by atoms with Crippen molar-refractivity contribution in [2.45, 2.75) is 0 Å². The Kier molecular flexibility index (Phi) is 7.77. The number of para-hydroxylation sites is 3. The SMILES string of the molecule is CON(c1ccccc1)c1cc2ccccc2c(N=Nc2ccc3c(c2)C(=O)c2cc(N=Nc4c(O)cc5c(=O)n6c7ccccc7nc6c6cccc4c56)ccc2-3)c1O. The van der Waals surface area contributed by atoms with Gasteiger partial charge < -0.3 is 10.2 Å². The van der Waals surface area contributed by atoms with E-state index in [9.17, 15) is 19.8 Å². The predicted molar refractivity (Wildman–Crippen MR) is 232 cm³/mol.